The summed E-state index contributed by atoms with van der Waals surface area (Å²) in [7, 11) is 0. The van der Waals surface area contributed by atoms with Gasteiger partial charge in [-0.15, -0.1) is 11.6 Å². The molecule has 0 bridgehead atoms. The van der Waals surface area contributed by atoms with Crippen LogP contribution in [-0.2, 0) is 5.88 Å². The number of likely N-dealkylation sites (tertiary alicyclic amines) is 1. The van der Waals surface area contributed by atoms with Crippen LogP contribution in [0, 0.1) is 5.41 Å². The van der Waals surface area contributed by atoms with Crippen molar-refractivity contribution < 1.29 is 4.79 Å². The third kappa shape index (κ3) is 3.73. The molecule has 2 rings (SSSR count). The molecule has 1 amide bonds. The molecular weight excluding hydrogens is 258 g/mol. The van der Waals surface area contributed by atoms with Gasteiger partial charge in [0.2, 0.25) is 0 Å². The summed E-state index contributed by atoms with van der Waals surface area (Å²) in [4.78, 5) is 14.4. The van der Waals surface area contributed by atoms with Gasteiger partial charge in [-0.3, -0.25) is 4.79 Å². The molecule has 0 aliphatic carbocycles. The van der Waals surface area contributed by atoms with Crippen LogP contribution >= 0.6 is 11.6 Å². The van der Waals surface area contributed by atoms with Crippen molar-refractivity contribution in [2.75, 3.05) is 13.1 Å². The van der Waals surface area contributed by atoms with E-state index in [-0.39, 0.29) is 5.91 Å². The molecule has 0 aromatic heterocycles. The van der Waals surface area contributed by atoms with Gasteiger partial charge in [0.15, 0.2) is 0 Å². The Morgan fingerprint density at radius 3 is 2.53 bits per heavy atom. The Kier molecular flexibility index (Phi) is 4.51. The molecule has 0 unspecified atom stereocenters. The van der Waals surface area contributed by atoms with Gasteiger partial charge in [0.25, 0.3) is 5.91 Å². The van der Waals surface area contributed by atoms with Gasteiger partial charge in [-0.2, -0.15) is 0 Å². The number of nitrogens with zero attached hydrogens (tertiary/aromatic N) is 1. The van der Waals surface area contributed by atoms with Crippen LogP contribution in [0.4, 0.5) is 0 Å². The van der Waals surface area contributed by atoms with Gasteiger partial charge in [0.1, 0.15) is 0 Å². The maximum absolute atomic E-state index is 12.5. The summed E-state index contributed by atoms with van der Waals surface area (Å²) in [5, 5.41) is 0. The minimum Gasteiger partial charge on any atom is -0.339 e. The molecule has 0 spiro atoms. The van der Waals surface area contributed by atoms with Crippen molar-refractivity contribution >= 4 is 17.5 Å². The van der Waals surface area contributed by atoms with E-state index in [4.69, 9.17) is 11.6 Å². The van der Waals surface area contributed by atoms with Crippen LogP contribution in [0.25, 0.3) is 0 Å². The minimum atomic E-state index is 0.152. The highest BCUT2D eigenvalue weighted by molar-refractivity contribution is 6.17. The zero-order valence-electron chi connectivity index (χ0n) is 11.8. The third-order valence-corrected chi connectivity index (χ3v) is 4.29. The van der Waals surface area contributed by atoms with Crippen LogP contribution in [0.2, 0.25) is 0 Å². The highest BCUT2D eigenvalue weighted by atomic mass is 35.5. The molecule has 1 aliphatic heterocycles. The number of amides is 1. The predicted octanol–water partition coefficient (Wildman–Crippen LogP) is 4.08. The van der Waals surface area contributed by atoms with E-state index >= 15 is 0 Å². The number of benzene rings is 1. The van der Waals surface area contributed by atoms with Crippen LogP contribution in [0.5, 0.6) is 0 Å². The largest absolute Gasteiger partial charge is 0.339 e. The second-order valence-corrected chi connectivity index (χ2v) is 6.41. The maximum atomic E-state index is 12.5. The molecule has 0 saturated carbocycles. The summed E-state index contributed by atoms with van der Waals surface area (Å²) in [5.41, 5.74) is 2.18. The summed E-state index contributed by atoms with van der Waals surface area (Å²) in [6.45, 7) is 6.31. The van der Waals surface area contributed by atoms with Gasteiger partial charge >= 0.3 is 0 Å². The molecule has 1 fully saturated rings. The zero-order chi connectivity index (χ0) is 13.9. The minimum absolute atomic E-state index is 0.152. The summed E-state index contributed by atoms with van der Waals surface area (Å²) in [6.07, 6.45) is 3.37. The summed E-state index contributed by atoms with van der Waals surface area (Å²) < 4.78 is 0. The highest BCUT2D eigenvalue weighted by Crippen LogP contribution is 2.30. The maximum Gasteiger partial charge on any atom is 0.253 e. The number of carbonyl (C=O) groups is 1. The fraction of sp³-hybridized carbons (Fsp3) is 0.562. The summed E-state index contributed by atoms with van der Waals surface area (Å²) in [6, 6.07) is 7.64. The van der Waals surface area contributed by atoms with E-state index in [0.717, 1.165) is 37.1 Å². The van der Waals surface area contributed by atoms with E-state index in [2.05, 4.69) is 13.8 Å². The molecule has 1 saturated heterocycles. The van der Waals surface area contributed by atoms with Gasteiger partial charge < -0.3 is 4.90 Å². The number of halogens is 1. The number of alkyl halides is 1. The van der Waals surface area contributed by atoms with E-state index < -0.39 is 0 Å². The summed E-state index contributed by atoms with van der Waals surface area (Å²) >= 11 is 5.77. The first kappa shape index (κ1) is 14.4. The second-order valence-electron chi connectivity index (χ2n) is 6.14. The van der Waals surface area contributed by atoms with E-state index in [1.54, 1.807) is 0 Å². The molecular formula is C16H22ClNO. The lowest BCUT2D eigenvalue weighted by atomic mass is 9.85. The summed E-state index contributed by atoms with van der Waals surface area (Å²) in [5.74, 6) is 0.644. The van der Waals surface area contributed by atoms with Crippen LogP contribution in [0.3, 0.4) is 0 Å². The standard InChI is InChI=1S/C16H22ClNO/c1-16(2)8-3-10-18(11-9-16)15(19)14-6-4-13(12-17)5-7-14/h4-7H,3,8-12H2,1-2H3. The lowest BCUT2D eigenvalue weighted by Gasteiger charge is -2.23. The normalized spacial score (nSPS) is 19.0. The highest BCUT2D eigenvalue weighted by Gasteiger charge is 2.25. The molecule has 0 atom stereocenters. The molecule has 19 heavy (non-hydrogen) atoms. The van der Waals surface area contributed by atoms with Crippen molar-refractivity contribution in [1.29, 1.82) is 0 Å². The van der Waals surface area contributed by atoms with Gasteiger partial charge in [-0.25, -0.2) is 0 Å². The Labute approximate surface area is 120 Å². The van der Waals surface area contributed by atoms with Crippen LogP contribution in [-0.4, -0.2) is 23.9 Å². The van der Waals surface area contributed by atoms with Crippen LogP contribution in [0.1, 0.15) is 49.0 Å². The monoisotopic (exact) mass is 279 g/mol. The molecule has 1 aromatic rings. The molecule has 104 valence electrons. The smallest absolute Gasteiger partial charge is 0.253 e. The van der Waals surface area contributed by atoms with Crippen molar-refractivity contribution in [2.45, 2.75) is 39.0 Å². The molecule has 1 aromatic carbocycles. The molecule has 2 nitrogen and oxygen atoms in total. The lowest BCUT2D eigenvalue weighted by Crippen LogP contribution is -2.32. The average molecular weight is 280 g/mol. The van der Waals surface area contributed by atoms with Crippen molar-refractivity contribution in [2.24, 2.45) is 5.41 Å². The van der Waals surface area contributed by atoms with E-state index in [1.165, 1.54) is 6.42 Å². The quantitative estimate of drug-likeness (QED) is 0.747. The fourth-order valence-electron chi connectivity index (χ4n) is 2.54. The van der Waals surface area contributed by atoms with Crippen molar-refractivity contribution in [3.63, 3.8) is 0 Å². The van der Waals surface area contributed by atoms with Gasteiger partial charge in [-0.1, -0.05) is 26.0 Å². The van der Waals surface area contributed by atoms with Gasteiger partial charge in [0, 0.05) is 24.5 Å². The Balaban J connectivity index is 2.06. The van der Waals surface area contributed by atoms with Crippen molar-refractivity contribution in [3.05, 3.63) is 35.4 Å². The van der Waals surface area contributed by atoms with Crippen molar-refractivity contribution in [3.8, 4) is 0 Å². The third-order valence-electron chi connectivity index (χ3n) is 3.98. The lowest BCUT2D eigenvalue weighted by molar-refractivity contribution is 0.0757. The molecule has 0 radical (unpaired) electrons. The second kappa shape index (κ2) is 5.96. The Bertz CT molecular complexity index is 439. The van der Waals surface area contributed by atoms with Gasteiger partial charge in [-0.05, 0) is 42.4 Å². The zero-order valence-corrected chi connectivity index (χ0v) is 12.5. The Morgan fingerprint density at radius 1 is 1.21 bits per heavy atom. The predicted molar refractivity (Wildman–Crippen MR) is 79.5 cm³/mol. The average Bonchev–Trinajstić information content (AvgIpc) is 2.59. The van der Waals surface area contributed by atoms with Crippen LogP contribution < -0.4 is 0 Å². The van der Waals surface area contributed by atoms with E-state index in [0.29, 0.717) is 11.3 Å². The Morgan fingerprint density at radius 2 is 1.89 bits per heavy atom. The number of carbonyl (C=O) groups excluding carboxylic acids is 1. The SMILES string of the molecule is CC1(C)CCCN(C(=O)c2ccc(CCl)cc2)CC1. The number of hydrogen-bond donors (Lipinski definition) is 0. The first-order valence-electron chi connectivity index (χ1n) is 6.96. The number of rotatable bonds is 2. The fourth-order valence-corrected chi connectivity index (χ4v) is 2.72. The topological polar surface area (TPSA) is 20.3 Å². The Hall–Kier alpha value is -1.02. The first-order valence-corrected chi connectivity index (χ1v) is 7.49. The molecule has 3 heteroatoms. The molecule has 0 N–H and O–H groups in total. The van der Waals surface area contributed by atoms with E-state index in [1.807, 2.05) is 29.2 Å². The molecule has 1 aliphatic rings. The van der Waals surface area contributed by atoms with Crippen molar-refractivity contribution in [1.82, 2.24) is 4.90 Å². The van der Waals surface area contributed by atoms with E-state index in [9.17, 15) is 4.79 Å². The molecule has 1 heterocycles. The number of hydrogen-bond acceptors (Lipinski definition) is 1. The van der Waals surface area contributed by atoms with Crippen LogP contribution in [0.15, 0.2) is 24.3 Å². The first-order chi connectivity index (χ1) is 9.02. The van der Waals surface area contributed by atoms with Gasteiger partial charge in [0.05, 0.1) is 0 Å².